The summed E-state index contributed by atoms with van der Waals surface area (Å²) in [6, 6.07) is 0.00731. The van der Waals surface area contributed by atoms with E-state index < -0.39 is 0 Å². The van der Waals surface area contributed by atoms with Crippen molar-refractivity contribution in [1.82, 2.24) is 10.6 Å². The highest BCUT2D eigenvalue weighted by molar-refractivity contribution is 5.74. The van der Waals surface area contributed by atoms with Gasteiger partial charge in [-0.3, -0.25) is 0 Å². The Morgan fingerprint density at radius 3 is 2.76 bits per heavy atom. The van der Waals surface area contributed by atoms with Crippen LogP contribution in [0.25, 0.3) is 0 Å². The third kappa shape index (κ3) is 3.33. The van der Waals surface area contributed by atoms with Crippen LogP contribution in [0.2, 0.25) is 0 Å². The van der Waals surface area contributed by atoms with Crippen molar-refractivity contribution in [3.8, 4) is 0 Å². The van der Waals surface area contributed by atoms with E-state index in [1.807, 2.05) is 13.8 Å². The Bertz CT molecular complexity index is 275. The van der Waals surface area contributed by atoms with Crippen LogP contribution in [0.4, 0.5) is 4.79 Å². The monoisotopic (exact) mass is 242 g/mol. The van der Waals surface area contributed by atoms with Crippen LogP contribution in [0, 0.1) is 0 Å². The molecule has 2 amide bonds. The lowest BCUT2D eigenvalue weighted by atomic mass is 10.2. The van der Waals surface area contributed by atoms with Crippen LogP contribution in [-0.2, 0) is 9.47 Å². The predicted molar refractivity (Wildman–Crippen MR) is 63.7 cm³/mol. The van der Waals surface area contributed by atoms with Gasteiger partial charge in [0.05, 0.1) is 6.61 Å². The maximum absolute atomic E-state index is 11.4. The topological polar surface area (TPSA) is 59.6 Å². The molecular weight excluding hydrogens is 220 g/mol. The van der Waals surface area contributed by atoms with E-state index in [4.69, 9.17) is 9.47 Å². The van der Waals surface area contributed by atoms with E-state index in [9.17, 15) is 4.79 Å². The van der Waals surface area contributed by atoms with Crippen molar-refractivity contribution in [3.63, 3.8) is 0 Å². The second kappa shape index (κ2) is 5.23. The minimum absolute atomic E-state index is 0.00832. The molecule has 0 bridgehead atoms. The Morgan fingerprint density at radius 1 is 1.41 bits per heavy atom. The van der Waals surface area contributed by atoms with Crippen LogP contribution in [-0.4, -0.2) is 37.1 Å². The Hall–Kier alpha value is -0.810. The Morgan fingerprint density at radius 2 is 2.12 bits per heavy atom. The number of amides is 2. The number of hydrogen-bond acceptors (Lipinski definition) is 3. The first kappa shape index (κ1) is 12.6. The fourth-order valence-electron chi connectivity index (χ4n) is 2.41. The molecule has 1 unspecified atom stereocenters. The molecule has 1 saturated carbocycles. The van der Waals surface area contributed by atoms with Gasteiger partial charge in [0.15, 0.2) is 5.79 Å². The molecule has 98 valence electrons. The highest BCUT2D eigenvalue weighted by Crippen LogP contribution is 2.38. The minimum Gasteiger partial charge on any atom is -0.347 e. The number of nitrogens with one attached hydrogen (secondary N) is 2. The van der Waals surface area contributed by atoms with Gasteiger partial charge in [0.25, 0.3) is 0 Å². The fourth-order valence-corrected chi connectivity index (χ4v) is 2.41. The highest BCUT2D eigenvalue weighted by Gasteiger charge is 2.43. The summed E-state index contributed by atoms with van der Waals surface area (Å²) in [5.74, 6) is -0.332. The number of rotatable bonds is 3. The Kier molecular flexibility index (Phi) is 3.89. The van der Waals surface area contributed by atoms with E-state index in [0.717, 1.165) is 12.8 Å². The molecule has 1 aliphatic heterocycles. The molecular formula is C12H22N2O3. The summed E-state index contributed by atoms with van der Waals surface area (Å²) in [7, 11) is 0. The standard InChI is InChI=1S/C12H22N2O3/c1-9(2)14-11(15)13-7-10-8-16-12(17-10)5-3-4-6-12/h9-10H,3-8H2,1-2H3,(H2,13,14,15). The van der Waals surface area contributed by atoms with Crippen molar-refractivity contribution in [3.05, 3.63) is 0 Å². The molecule has 1 atom stereocenters. The molecule has 2 fully saturated rings. The molecule has 5 heteroatoms. The molecule has 0 aromatic heterocycles. The highest BCUT2D eigenvalue weighted by atomic mass is 16.7. The lowest BCUT2D eigenvalue weighted by Gasteiger charge is -2.22. The molecule has 1 spiro atoms. The number of hydrogen-bond donors (Lipinski definition) is 2. The molecule has 0 aromatic rings. The van der Waals surface area contributed by atoms with Crippen molar-refractivity contribution >= 4 is 6.03 Å². The van der Waals surface area contributed by atoms with Gasteiger partial charge in [-0.15, -0.1) is 0 Å². The maximum atomic E-state index is 11.4. The summed E-state index contributed by atoms with van der Waals surface area (Å²) >= 11 is 0. The van der Waals surface area contributed by atoms with Gasteiger partial charge in [-0.1, -0.05) is 0 Å². The molecule has 2 aliphatic rings. The molecule has 0 aromatic carbocycles. The summed E-state index contributed by atoms with van der Waals surface area (Å²) in [5, 5.41) is 5.59. The molecule has 17 heavy (non-hydrogen) atoms. The van der Waals surface area contributed by atoms with Crippen LogP contribution >= 0.6 is 0 Å². The Balaban J connectivity index is 1.69. The van der Waals surface area contributed by atoms with Gasteiger partial charge in [-0.05, 0) is 26.7 Å². The summed E-state index contributed by atoms with van der Waals surface area (Å²) in [6.45, 7) is 4.97. The van der Waals surface area contributed by atoms with Crippen LogP contribution in [0.1, 0.15) is 39.5 Å². The molecule has 1 heterocycles. The smallest absolute Gasteiger partial charge is 0.315 e. The van der Waals surface area contributed by atoms with Crippen molar-refractivity contribution in [2.75, 3.05) is 13.2 Å². The normalized spacial score (nSPS) is 26.6. The third-order valence-electron chi connectivity index (χ3n) is 3.19. The third-order valence-corrected chi connectivity index (χ3v) is 3.19. The van der Waals surface area contributed by atoms with Crippen LogP contribution in [0.5, 0.6) is 0 Å². The van der Waals surface area contributed by atoms with Gasteiger partial charge in [0, 0.05) is 25.4 Å². The van der Waals surface area contributed by atoms with Crippen LogP contribution in [0.15, 0.2) is 0 Å². The largest absolute Gasteiger partial charge is 0.347 e. The van der Waals surface area contributed by atoms with Crippen molar-refractivity contribution in [2.45, 2.75) is 57.5 Å². The second-order valence-corrected chi connectivity index (χ2v) is 5.18. The first-order valence-corrected chi connectivity index (χ1v) is 6.46. The predicted octanol–water partition coefficient (Wildman–Crippen LogP) is 1.38. The zero-order valence-corrected chi connectivity index (χ0v) is 10.6. The molecule has 1 saturated heterocycles. The van der Waals surface area contributed by atoms with E-state index in [1.54, 1.807) is 0 Å². The summed E-state index contributed by atoms with van der Waals surface area (Å²) < 4.78 is 11.6. The van der Waals surface area contributed by atoms with E-state index in [2.05, 4.69) is 10.6 Å². The number of carbonyl (C=O) groups excluding carboxylic acids is 1. The second-order valence-electron chi connectivity index (χ2n) is 5.18. The molecule has 2 N–H and O–H groups in total. The van der Waals surface area contributed by atoms with Gasteiger partial charge in [0.2, 0.25) is 0 Å². The molecule has 5 nitrogen and oxygen atoms in total. The van der Waals surface area contributed by atoms with Crippen molar-refractivity contribution in [1.29, 1.82) is 0 Å². The van der Waals surface area contributed by atoms with Gasteiger partial charge >= 0.3 is 6.03 Å². The first-order chi connectivity index (χ1) is 8.10. The molecule has 2 rings (SSSR count). The average Bonchev–Trinajstić information content (AvgIpc) is 2.86. The first-order valence-electron chi connectivity index (χ1n) is 6.46. The lowest BCUT2D eigenvalue weighted by molar-refractivity contribution is -0.160. The van der Waals surface area contributed by atoms with Gasteiger partial charge in [-0.2, -0.15) is 0 Å². The number of ether oxygens (including phenoxy) is 2. The van der Waals surface area contributed by atoms with Crippen molar-refractivity contribution < 1.29 is 14.3 Å². The zero-order valence-electron chi connectivity index (χ0n) is 10.6. The minimum atomic E-state index is -0.332. The SMILES string of the molecule is CC(C)NC(=O)NCC1COC2(CCCC2)O1. The van der Waals surface area contributed by atoms with Crippen LogP contribution in [0.3, 0.4) is 0 Å². The van der Waals surface area contributed by atoms with Gasteiger partial charge in [-0.25, -0.2) is 4.79 Å². The quantitative estimate of drug-likeness (QED) is 0.786. The summed E-state index contributed by atoms with van der Waals surface area (Å²) in [4.78, 5) is 11.4. The van der Waals surface area contributed by atoms with E-state index in [-0.39, 0.29) is 24.0 Å². The Labute approximate surface area is 102 Å². The maximum Gasteiger partial charge on any atom is 0.315 e. The number of carbonyl (C=O) groups is 1. The number of urea groups is 1. The van der Waals surface area contributed by atoms with Gasteiger partial charge in [0.1, 0.15) is 6.10 Å². The lowest BCUT2D eigenvalue weighted by Crippen LogP contribution is -2.43. The van der Waals surface area contributed by atoms with E-state index in [1.165, 1.54) is 12.8 Å². The average molecular weight is 242 g/mol. The van der Waals surface area contributed by atoms with Crippen LogP contribution < -0.4 is 10.6 Å². The summed E-state index contributed by atoms with van der Waals surface area (Å²) in [5.41, 5.74) is 0. The zero-order chi connectivity index (χ0) is 12.3. The fraction of sp³-hybridized carbons (Fsp3) is 0.917. The van der Waals surface area contributed by atoms with Crippen molar-refractivity contribution in [2.24, 2.45) is 0 Å². The van der Waals surface area contributed by atoms with E-state index in [0.29, 0.717) is 13.2 Å². The van der Waals surface area contributed by atoms with E-state index >= 15 is 0 Å². The van der Waals surface area contributed by atoms with Gasteiger partial charge < -0.3 is 20.1 Å². The molecule has 1 aliphatic carbocycles. The molecule has 0 radical (unpaired) electrons. The summed E-state index contributed by atoms with van der Waals surface area (Å²) in [6.07, 6.45) is 4.32.